The quantitative estimate of drug-likeness (QED) is 0.906. The number of carbonyl (C=O) groups excluding carboxylic acids is 1. The van der Waals surface area contributed by atoms with Gasteiger partial charge in [0.1, 0.15) is 0 Å². The van der Waals surface area contributed by atoms with E-state index in [2.05, 4.69) is 28.2 Å². The Balaban J connectivity index is 2.01. The topological polar surface area (TPSA) is 29.1 Å². The number of aryl methyl sites for hydroxylation is 1. The molecule has 1 atom stereocenters. The maximum atomic E-state index is 12.0. The maximum Gasteiger partial charge on any atom is 0.251 e. The van der Waals surface area contributed by atoms with Gasteiger partial charge >= 0.3 is 0 Å². The van der Waals surface area contributed by atoms with Crippen LogP contribution in [0.5, 0.6) is 0 Å². The van der Waals surface area contributed by atoms with Crippen LogP contribution in [0.2, 0.25) is 0 Å². The van der Waals surface area contributed by atoms with E-state index in [1.807, 2.05) is 25.1 Å². The van der Waals surface area contributed by atoms with Crippen molar-refractivity contribution in [3.8, 4) is 0 Å². The first-order chi connectivity index (χ1) is 8.08. The molecule has 1 aromatic carbocycles. The van der Waals surface area contributed by atoms with Gasteiger partial charge in [-0.3, -0.25) is 4.79 Å². The summed E-state index contributed by atoms with van der Waals surface area (Å²) in [5.74, 6) is 0.706. The van der Waals surface area contributed by atoms with Crippen LogP contribution < -0.4 is 5.32 Å². The van der Waals surface area contributed by atoms with Crippen molar-refractivity contribution in [2.45, 2.75) is 39.2 Å². The standard InChI is InChI=1S/C14H18BrNO/c1-9-6-7-12(8-13(9)15)14(17)16-10(2)11-4-3-5-11/h6-8,10-11H,3-5H2,1-2H3,(H,16,17). The lowest BCUT2D eigenvalue weighted by atomic mass is 9.80. The minimum absolute atomic E-state index is 0.0325. The molecule has 1 unspecified atom stereocenters. The van der Waals surface area contributed by atoms with E-state index in [0.29, 0.717) is 5.92 Å². The molecule has 1 aliphatic carbocycles. The molecule has 2 nitrogen and oxygen atoms in total. The summed E-state index contributed by atoms with van der Waals surface area (Å²) >= 11 is 3.45. The molecule has 0 heterocycles. The Morgan fingerprint density at radius 3 is 2.71 bits per heavy atom. The first-order valence-electron chi connectivity index (χ1n) is 6.15. The third-order valence-corrected chi connectivity index (χ3v) is 4.50. The number of rotatable bonds is 3. The molecule has 17 heavy (non-hydrogen) atoms. The van der Waals surface area contributed by atoms with Gasteiger partial charge in [-0.15, -0.1) is 0 Å². The lowest BCUT2D eigenvalue weighted by Gasteiger charge is -2.31. The van der Waals surface area contributed by atoms with Crippen molar-refractivity contribution >= 4 is 21.8 Å². The number of halogens is 1. The number of nitrogens with one attached hydrogen (secondary N) is 1. The van der Waals surface area contributed by atoms with Gasteiger partial charge < -0.3 is 5.32 Å². The van der Waals surface area contributed by atoms with E-state index in [0.717, 1.165) is 15.6 Å². The van der Waals surface area contributed by atoms with E-state index in [4.69, 9.17) is 0 Å². The highest BCUT2D eigenvalue weighted by molar-refractivity contribution is 9.10. The van der Waals surface area contributed by atoms with E-state index >= 15 is 0 Å². The van der Waals surface area contributed by atoms with Gasteiger partial charge in [0.05, 0.1) is 0 Å². The molecule has 0 spiro atoms. The summed E-state index contributed by atoms with van der Waals surface area (Å²) in [6.45, 7) is 4.12. The molecule has 1 fully saturated rings. The largest absolute Gasteiger partial charge is 0.349 e. The Morgan fingerprint density at radius 1 is 1.47 bits per heavy atom. The van der Waals surface area contributed by atoms with E-state index in [-0.39, 0.29) is 11.9 Å². The molecule has 0 aliphatic heterocycles. The van der Waals surface area contributed by atoms with Gasteiger partial charge in [-0.1, -0.05) is 28.4 Å². The number of hydrogen-bond donors (Lipinski definition) is 1. The van der Waals surface area contributed by atoms with Gasteiger partial charge in [-0.25, -0.2) is 0 Å². The molecule has 1 amide bonds. The van der Waals surface area contributed by atoms with Crippen LogP contribution in [0.15, 0.2) is 22.7 Å². The van der Waals surface area contributed by atoms with Gasteiger partial charge in [-0.2, -0.15) is 0 Å². The average Bonchev–Trinajstić information content (AvgIpc) is 2.19. The van der Waals surface area contributed by atoms with E-state index < -0.39 is 0 Å². The van der Waals surface area contributed by atoms with Gasteiger partial charge in [0.2, 0.25) is 0 Å². The van der Waals surface area contributed by atoms with Crippen molar-refractivity contribution in [1.82, 2.24) is 5.32 Å². The highest BCUT2D eigenvalue weighted by Gasteiger charge is 2.25. The van der Waals surface area contributed by atoms with E-state index in [1.54, 1.807) is 0 Å². The molecule has 92 valence electrons. The van der Waals surface area contributed by atoms with Gasteiger partial charge in [0.15, 0.2) is 0 Å². The fourth-order valence-electron chi connectivity index (χ4n) is 2.08. The Hall–Kier alpha value is -0.830. The van der Waals surface area contributed by atoms with Crippen molar-refractivity contribution in [3.05, 3.63) is 33.8 Å². The molecule has 0 radical (unpaired) electrons. The SMILES string of the molecule is Cc1ccc(C(=O)NC(C)C2CCC2)cc1Br. The van der Waals surface area contributed by atoms with Crippen molar-refractivity contribution < 1.29 is 4.79 Å². The normalized spacial score (nSPS) is 17.4. The molecule has 0 bridgehead atoms. The van der Waals surface area contributed by atoms with Crippen molar-refractivity contribution in [3.63, 3.8) is 0 Å². The highest BCUT2D eigenvalue weighted by Crippen LogP contribution is 2.29. The van der Waals surface area contributed by atoms with Gasteiger partial charge in [0.25, 0.3) is 5.91 Å². The predicted octanol–water partition coefficient (Wildman–Crippen LogP) is 3.68. The lowest BCUT2D eigenvalue weighted by molar-refractivity contribution is 0.0909. The van der Waals surface area contributed by atoms with Crippen LogP contribution >= 0.6 is 15.9 Å². The second kappa shape index (κ2) is 5.21. The third kappa shape index (κ3) is 2.89. The molecule has 2 rings (SSSR count). The van der Waals surface area contributed by atoms with Crippen LogP contribution in [0.3, 0.4) is 0 Å². The van der Waals surface area contributed by atoms with E-state index in [9.17, 15) is 4.79 Å². The first kappa shape index (κ1) is 12.6. The average molecular weight is 296 g/mol. The molecule has 1 aliphatic rings. The molecule has 1 N–H and O–H groups in total. The molecular weight excluding hydrogens is 278 g/mol. The minimum Gasteiger partial charge on any atom is -0.349 e. The van der Waals surface area contributed by atoms with Crippen LogP contribution in [0.25, 0.3) is 0 Å². The zero-order valence-corrected chi connectivity index (χ0v) is 11.9. The van der Waals surface area contributed by atoms with Crippen LogP contribution in [0, 0.1) is 12.8 Å². The Labute approximate surface area is 111 Å². The van der Waals surface area contributed by atoms with Crippen molar-refractivity contribution in [2.24, 2.45) is 5.92 Å². The van der Waals surface area contributed by atoms with Crippen LogP contribution in [0.4, 0.5) is 0 Å². The van der Waals surface area contributed by atoms with Gasteiger partial charge in [0, 0.05) is 16.1 Å². The summed E-state index contributed by atoms with van der Waals surface area (Å²) in [4.78, 5) is 12.0. The van der Waals surface area contributed by atoms with Crippen LogP contribution in [-0.4, -0.2) is 11.9 Å². The molecule has 1 saturated carbocycles. The van der Waals surface area contributed by atoms with Crippen LogP contribution in [-0.2, 0) is 0 Å². The summed E-state index contributed by atoms with van der Waals surface area (Å²) in [5.41, 5.74) is 1.88. The summed E-state index contributed by atoms with van der Waals surface area (Å²) in [6.07, 6.45) is 3.80. The Bertz CT molecular complexity index is 426. The third-order valence-electron chi connectivity index (χ3n) is 3.65. The zero-order chi connectivity index (χ0) is 12.4. The van der Waals surface area contributed by atoms with Gasteiger partial charge in [-0.05, 0) is 50.3 Å². The number of carbonyl (C=O) groups is 1. The first-order valence-corrected chi connectivity index (χ1v) is 6.94. The summed E-state index contributed by atoms with van der Waals surface area (Å²) in [6, 6.07) is 6.02. The lowest BCUT2D eigenvalue weighted by Crippen LogP contribution is -2.40. The second-order valence-corrected chi connectivity index (χ2v) is 5.77. The summed E-state index contributed by atoms with van der Waals surface area (Å²) in [5, 5.41) is 3.09. The van der Waals surface area contributed by atoms with E-state index in [1.165, 1.54) is 19.3 Å². The fraction of sp³-hybridized carbons (Fsp3) is 0.500. The Morgan fingerprint density at radius 2 is 2.18 bits per heavy atom. The Kier molecular flexibility index (Phi) is 3.87. The monoisotopic (exact) mass is 295 g/mol. The predicted molar refractivity (Wildman–Crippen MR) is 73.1 cm³/mol. The molecular formula is C14H18BrNO. The highest BCUT2D eigenvalue weighted by atomic mass is 79.9. The number of benzene rings is 1. The molecule has 1 aromatic rings. The number of amides is 1. The zero-order valence-electron chi connectivity index (χ0n) is 10.3. The van der Waals surface area contributed by atoms with Crippen molar-refractivity contribution in [2.75, 3.05) is 0 Å². The molecule has 0 aromatic heterocycles. The van der Waals surface area contributed by atoms with Crippen LogP contribution in [0.1, 0.15) is 42.1 Å². The molecule has 0 saturated heterocycles. The second-order valence-electron chi connectivity index (χ2n) is 4.92. The maximum absolute atomic E-state index is 12.0. The summed E-state index contributed by atoms with van der Waals surface area (Å²) in [7, 11) is 0. The smallest absolute Gasteiger partial charge is 0.251 e. The molecule has 3 heteroatoms. The fourth-order valence-corrected chi connectivity index (χ4v) is 2.46. The van der Waals surface area contributed by atoms with Crippen molar-refractivity contribution in [1.29, 1.82) is 0 Å². The minimum atomic E-state index is 0.0325. The number of hydrogen-bond acceptors (Lipinski definition) is 1. The summed E-state index contributed by atoms with van der Waals surface area (Å²) < 4.78 is 0.987.